The number of ether oxygens (including phenoxy) is 1. The largest absolute Gasteiger partial charge is 0.444 e. The maximum absolute atomic E-state index is 13.0. The van der Waals surface area contributed by atoms with E-state index < -0.39 is 5.60 Å². The maximum Gasteiger partial charge on any atom is 0.407 e. The Balaban J connectivity index is 1.40. The fourth-order valence-corrected chi connectivity index (χ4v) is 3.93. The number of aryl methyl sites for hydroxylation is 2. The van der Waals surface area contributed by atoms with E-state index in [4.69, 9.17) is 4.74 Å². The molecule has 196 valence electrons. The molecule has 3 rings (SSSR count). The summed E-state index contributed by atoms with van der Waals surface area (Å²) in [6.45, 7) is 10.9. The fraction of sp³-hybridized carbons (Fsp3) is 0.571. The molecule has 1 fully saturated rings. The van der Waals surface area contributed by atoms with Crippen LogP contribution in [0.25, 0.3) is 0 Å². The molecule has 2 amide bonds. The van der Waals surface area contributed by atoms with Crippen molar-refractivity contribution in [2.45, 2.75) is 91.1 Å². The van der Waals surface area contributed by atoms with E-state index in [9.17, 15) is 9.59 Å². The van der Waals surface area contributed by atoms with Crippen LogP contribution in [0.15, 0.2) is 24.3 Å². The van der Waals surface area contributed by atoms with E-state index >= 15 is 0 Å². The smallest absolute Gasteiger partial charge is 0.407 e. The summed E-state index contributed by atoms with van der Waals surface area (Å²) in [7, 11) is 0. The van der Waals surface area contributed by atoms with E-state index in [0.717, 1.165) is 50.0 Å². The Morgan fingerprint density at radius 1 is 0.944 bits per heavy atom. The fourth-order valence-electron chi connectivity index (χ4n) is 3.93. The SMILES string of the molecule is Cc1ccc(C(=O)Nc2ccc(C)c(C3CC3)n2)c(NCCCCCCCNC(=O)OC(C)(C)C)n1. The number of nitrogens with one attached hydrogen (secondary N) is 3. The highest BCUT2D eigenvalue weighted by molar-refractivity contribution is 6.07. The quantitative estimate of drug-likeness (QED) is 0.307. The average Bonchev–Trinajstić information content (AvgIpc) is 3.63. The molecule has 0 aromatic carbocycles. The molecule has 0 aliphatic heterocycles. The lowest BCUT2D eigenvalue weighted by Crippen LogP contribution is -2.32. The van der Waals surface area contributed by atoms with Crippen molar-refractivity contribution in [2.75, 3.05) is 23.7 Å². The Labute approximate surface area is 215 Å². The molecule has 1 aliphatic carbocycles. The van der Waals surface area contributed by atoms with Gasteiger partial charge in [0.1, 0.15) is 17.2 Å². The number of hydrogen-bond donors (Lipinski definition) is 3. The molecule has 3 N–H and O–H groups in total. The van der Waals surface area contributed by atoms with Crippen molar-refractivity contribution in [1.82, 2.24) is 15.3 Å². The monoisotopic (exact) mass is 495 g/mol. The summed E-state index contributed by atoms with van der Waals surface area (Å²) in [6.07, 6.45) is 7.05. The number of amides is 2. The van der Waals surface area contributed by atoms with E-state index in [0.29, 0.717) is 29.7 Å². The van der Waals surface area contributed by atoms with Crippen molar-refractivity contribution >= 4 is 23.6 Å². The van der Waals surface area contributed by atoms with Gasteiger partial charge in [0.25, 0.3) is 5.91 Å². The summed E-state index contributed by atoms with van der Waals surface area (Å²) in [5, 5.41) is 9.08. The van der Waals surface area contributed by atoms with Gasteiger partial charge in [-0.2, -0.15) is 0 Å². The van der Waals surface area contributed by atoms with Crippen LogP contribution in [0.1, 0.15) is 98.9 Å². The number of rotatable bonds is 12. The lowest BCUT2D eigenvalue weighted by molar-refractivity contribution is 0.0526. The Morgan fingerprint density at radius 2 is 1.64 bits per heavy atom. The molecule has 2 aromatic heterocycles. The number of nitrogens with zero attached hydrogens (tertiary/aromatic N) is 2. The van der Waals surface area contributed by atoms with Crippen LogP contribution in [-0.2, 0) is 4.74 Å². The molecule has 2 aromatic rings. The molecule has 8 heteroatoms. The molecular weight excluding hydrogens is 454 g/mol. The van der Waals surface area contributed by atoms with Crippen LogP contribution >= 0.6 is 0 Å². The number of alkyl carbamates (subject to hydrolysis) is 1. The molecule has 2 heterocycles. The lowest BCUT2D eigenvalue weighted by atomic mass is 10.1. The minimum absolute atomic E-state index is 0.208. The highest BCUT2D eigenvalue weighted by Gasteiger charge is 2.27. The van der Waals surface area contributed by atoms with Crippen LogP contribution in [0.4, 0.5) is 16.4 Å². The van der Waals surface area contributed by atoms with Gasteiger partial charge < -0.3 is 20.7 Å². The molecule has 0 radical (unpaired) electrons. The Bertz CT molecular complexity index is 1040. The van der Waals surface area contributed by atoms with Gasteiger partial charge in [0.05, 0.1) is 5.56 Å². The van der Waals surface area contributed by atoms with Gasteiger partial charge in [-0.05, 0) is 84.1 Å². The average molecular weight is 496 g/mol. The normalized spacial score (nSPS) is 13.2. The van der Waals surface area contributed by atoms with Crippen LogP contribution in [0.3, 0.4) is 0 Å². The molecule has 0 saturated heterocycles. The van der Waals surface area contributed by atoms with E-state index in [2.05, 4.69) is 32.8 Å². The maximum atomic E-state index is 13.0. The molecule has 8 nitrogen and oxygen atoms in total. The van der Waals surface area contributed by atoms with Crippen molar-refractivity contribution in [3.8, 4) is 0 Å². The van der Waals surface area contributed by atoms with Crippen molar-refractivity contribution in [1.29, 1.82) is 0 Å². The predicted molar refractivity (Wildman–Crippen MR) is 144 cm³/mol. The first kappa shape index (κ1) is 27.4. The van der Waals surface area contributed by atoms with E-state index in [1.165, 1.54) is 18.4 Å². The zero-order chi connectivity index (χ0) is 26.1. The van der Waals surface area contributed by atoms with Gasteiger partial charge in [-0.25, -0.2) is 14.8 Å². The van der Waals surface area contributed by atoms with Gasteiger partial charge in [0, 0.05) is 30.4 Å². The number of anilines is 2. The van der Waals surface area contributed by atoms with Crippen LogP contribution in [0.5, 0.6) is 0 Å². The minimum Gasteiger partial charge on any atom is -0.444 e. The van der Waals surface area contributed by atoms with Gasteiger partial charge in [-0.3, -0.25) is 4.79 Å². The second-order valence-corrected chi connectivity index (χ2v) is 10.6. The summed E-state index contributed by atoms with van der Waals surface area (Å²) in [5.41, 5.74) is 3.17. The lowest BCUT2D eigenvalue weighted by Gasteiger charge is -2.19. The summed E-state index contributed by atoms with van der Waals surface area (Å²) < 4.78 is 5.23. The predicted octanol–water partition coefficient (Wildman–Crippen LogP) is 6.11. The van der Waals surface area contributed by atoms with Gasteiger partial charge in [0.2, 0.25) is 0 Å². The number of pyridine rings is 2. The zero-order valence-corrected chi connectivity index (χ0v) is 22.4. The molecule has 0 bridgehead atoms. The standard InChI is InChI=1S/C28H41N5O3/c1-19-11-16-23(32-24(19)21-13-14-21)33-26(34)22-15-12-20(2)31-25(22)29-17-9-7-6-8-10-18-30-27(35)36-28(3,4)5/h11-12,15-16,21H,6-10,13-14,17-18H2,1-5H3,(H,29,31)(H,30,35)(H,32,33,34). The topological polar surface area (TPSA) is 105 Å². The molecule has 0 unspecified atom stereocenters. The minimum atomic E-state index is -0.471. The second kappa shape index (κ2) is 12.7. The van der Waals surface area contributed by atoms with Crippen LogP contribution in [0.2, 0.25) is 0 Å². The second-order valence-electron chi connectivity index (χ2n) is 10.6. The summed E-state index contributed by atoms with van der Waals surface area (Å²) in [5.74, 6) is 1.51. The number of carbonyl (C=O) groups is 2. The summed E-state index contributed by atoms with van der Waals surface area (Å²) in [4.78, 5) is 33.9. The van der Waals surface area contributed by atoms with Gasteiger partial charge in [0.15, 0.2) is 0 Å². The van der Waals surface area contributed by atoms with Crippen molar-refractivity contribution in [3.63, 3.8) is 0 Å². The van der Waals surface area contributed by atoms with Crippen molar-refractivity contribution in [2.24, 2.45) is 0 Å². The number of hydrogen-bond acceptors (Lipinski definition) is 6. The van der Waals surface area contributed by atoms with Crippen LogP contribution in [0, 0.1) is 13.8 Å². The summed E-state index contributed by atoms with van der Waals surface area (Å²) >= 11 is 0. The first-order chi connectivity index (χ1) is 17.1. The Kier molecular flexibility index (Phi) is 9.67. The van der Waals surface area contributed by atoms with Crippen LogP contribution < -0.4 is 16.0 Å². The number of unbranched alkanes of at least 4 members (excludes halogenated alkanes) is 4. The third kappa shape index (κ3) is 9.13. The Morgan fingerprint density at radius 3 is 2.33 bits per heavy atom. The molecule has 1 aliphatic rings. The van der Waals surface area contributed by atoms with Crippen molar-refractivity contribution < 1.29 is 14.3 Å². The van der Waals surface area contributed by atoms with Gasteiger partial charge in [-0.1, -0.05) is 25.3 Å². The molecule has 0 atom stereocenters. The first-order valence-corrected chi connectivity index (χ1v) is 13.1. The van der Waals surface area contributed by atoms with Gasteiger partial charge in [-0.15, -0.1) is 0 Å². The number of carbonyl (C=O) groups excluding carboxylic acids is 2. The van der Waals surface area contributed by atoms with E-state index in [1.54, 1.807) is 0 Å². The highest BCUT2D eigenvalue weighted by Crippen LogP contribution is 2.40. The van der Waals surface area contributed by atoms with Crippen molar-refractivity contribution in [3.05, 3.63) is 46.8 Å². The van der Waals surface area contributed by atoms with Gasteiger partial charge >= 0.3 is 6.09 Å². The third-order valence-electron chi connectivity index (χ3n) is 5.94. The number of aromatic nitrogens is 2. The Hall–Kier alpha value is -3.16. The van der Waals surface area contributed by atoms with E-state index in [-0.39, 0.29) is 12.0 Å². The van der Waals surface area contributed by atoms with Crippen LogP contribution in [-0.4, -0.2) is 40.7 Å². The first-order valence-electron chi connectivity index (χ1n) is 13.1. The zero-order valence-electron chi connectivity index (χ0n) is 22.4. The molecule has 36 heavy (non-hydrogen) atoms. The summed E-state index contributed by atoms with van der Waals surface area (Å²) in [6, 6.07) is 7.55. The highest BCUT2D eigenvalue weighted by atomic mass is 16.6. The molecular formula is C28H41N5O3. The molecule has 1 saturated carbocycles. The third-order valence-corrected chi connectivity index (χ3v) is 5.94. The van der Waals surface area contributed by atoms with E-state index in [1.807, 2.05) is 52.0 Å². The molecule has 0 spiro atoms.